The van der Waals surface area contributed by atoms with Gasteiger partial charge in [-0.05, 0) is 36.6 Å². The van der Waals surface area contributed by atoms with Crippen molar-refractivity contribution in [3.63, 3.8) is 0 Å². The Bertz CT molecular complexity index is 773. The fourth-order valence-electron chi connectivity index (χ4n) is 2.14. The lowest BCUT2D eigenvalue weighted by Crippen LogP contribution is -2.13. The normalized spacial score (nSPS) is 12.6. The lowest BCUT2D eigenvalue weighted by molar-refractivity contribution is 0.601. The van der Waals surface area contributed by atoms with Crippen LogP contribution in [0.2, 0.25) is 0 Å². The van der Waals surface area contributed by atoms with Gasteiger partial charge in [0, 0.05) is 11.8 Å². The highest BCUT2D eigenvalue weighted by atomic mass is 32.2. The summed E-state index contributed by atoms with van der Waals surface area (Å²) in [5, 5.41) is 15.6. The molecule has 0 fully saturated rings. The van der Waals surface area contributed by atoms with Crippen LogP contribution in [-0.2, 0) is 10.0 Å². The first kappa shape index (κ1) is 16.0. The number of benzene rings is 1. The summed E-state index contributed by atoms with van der Waals surface area (Å²) in [6.07, 6.45) is 2.05. The van der Waals surface area contributed by atoms with Crippen LogP contribution in [0.5, 0.6) is 0 Å². The molecular weight excluding hydrogens is 300 g/mol. The third-order valence-corrected chi connectivity index (χ3v) is 4.75. The second-order valence-electron chi connectivity index (χ2n) is 5.14. The fourth-order valence-corrected chi connectivity index (χ4v) is 3.13. The number of nitriles is 1. The van der Waals surface area contributed by atoms with Crippen molar-refractivity contribution < 1.29 is 8.42 Å². The first-order chi connectivity index (χ1) is 10.5. The van der Waals surface area contributed by atoms with Gasteiger partial charge in [0.25, 0.3) is 10.0 Å². The Morgan fingerprint density at radius 3 is 2.64 bits per heavy atom. The van der Waals surface area contributed by atoms with Gasteiger partial charge in [0.15, 0.2) is 5.82 Å². The van der Waals surface area contributed by atoms with Crippen LogP contribution in [0.3, 0.4) is 0 Å². The molecule has 22 heavy (non-hydrogen) atoms. The van der Waals surface area contributed by atoms with E-state index >= 15 is 0 Å². The van der Waals surface area contributed by atoms with Gasteiger partial charge in [-0.1, -0.05) is 20.3 Å². The lowest BCUT2D eigenvalue weighted by Gasteiger charge is -2.06. The summed E-state index contributed by atoms with van der Waals surface area (Å²) in [5.41, 5.74) is 1.31. The summed E-state index contributed by atoms with van der Waals surface area (Å²) in [6, 6.07) is 9.39. The van der Waals surface area contributed by atoms with Gasteiger partial charge in [-0.3, -0.25) is 9.82 Å². The van der Waals surface area contributed by atoms with Crippen molar-refractivity contribution in [3.8, 4) is 6.07 Å². The molecule has 1 heterocycles. The second-order valence-corrected chi connectivity index (χ2v) is 6.82. The van der Waals surface area contributed by atoms with Gasteiger partial charge in [0.05, 0.1) is 16.5 Å². The predicted molar refractivity (Wildman–Crippen MR) is 83.9 cm³/mol. The summed E-state index contributed by atoms with van der Waals surface area (Å²) >= 11 is 0. The number of sulfonamides is 1. The molecule has 0 aliphatic rings. The molecule has 1 aromatic carbocycles. The Hall–Kier alpha value is -2.33. The van der Waals surface area contributed by atoms with Gasteiger partial charge in [-0.25, -0.2) is 8.42 Å². The number of anilines is 1. The molecule has 0 aliphatic carbocycles. The highest BCUT2D eigenvalue weighted by Gasteiger charge is 2.17. The SMILES string of the molecule is CCCC(C)c1cc(NS(=O)(=O)c2ccc(C#N)cc2)n[nH]1. The molecule has 1 unspecified atom stereocenters. The van der Waals surface area contributed by atoms with Crippen LogP contribution in [-0.4, -0.2) is 18.6 Å². The van der Waals surface area contributed by atoms with E-state index in [1.165, 1.54) is 24.3 Å². The van der Waals surface area contributed by atoms with E-state index < -0.39 is 10.0 Å². The molecule has 0 aliphatic heterocycles. The van der Waals surface area contributed by atoms with Crippen molar-refractivity contribution in [3.05, 3.63) is 41.6 Å². The minimum Gasteiger partial charge on any atom is -0.280 e. The van der Waals surface area contributed by atoms with Crippen LogP contribution in [0.25, 0.3) is 0 Å². The van der Waals surface area contributed by atoms with E-state index in [9.17, 15) is 8.42 Å². The quantitative estimate of drug-likeness (QED) is 0.855. The summed E-state index contributed by atoms with van der Waals surface area (Å²) in [5.74, 6) is 0.563. The second kappa shape index (κ2) is 6.62. The highest BCUT2D eigenvalue weighted by molar-refractivity contribution is 7.92. The zero-order valence-corrected chi connectivity index (χ0v) is 13.3. The molecule has 2 aromatic rings. The zero-order valence-electron chi connectivity index (χ0n) is 12.5. The molecule has 6 nitrogen and oxygen atoms in total. The van der Waals surface area contributed by atoms with Gasteiger partial charge < -0.3 is 0 Å². The van der Waals surface area contributed by atoms with Gasteiger partial charge >= 0.3 is 0 Å². The molecule has 2 rings (SSSR count). The number of aromatic amines is 1. The van der Waals surface area contributed by atoms with Crippen molar-refractivity contribution in [2.75, 3.05) is 4.72 Å². The smallest absolute Gasteiger partial charge is 0.263 e. The minimum absolute atomic E-state index is 0.0951. The van der Waals surface area contributed by atoms with E-state index in [0.717, 1.165) is 18.5 Å². The number of nitrogens with zero attached hydrogens (tertiary/aromatic N) is 2. The van der Waals surface area contributed by atoms with Crippen LogP contribution < -0.4 is 4.72 Å². The van der Waals surface area contributed by atoms with E-state index in [0.29, 0.717) is 11.5 Å². The van der Waals surface area contributed by atoms with Crippen LogP contribution in [0.4, 0.5) is 5.82 Å². The van der Waals surface area contributed by atoms with Crippen molar-refractivity contribution in [2.24, 2.45) is 0 Å². The Kier molecular flexibility index (Phi) is 4.83. The maximum atomic E-state index is 12.3. The number of nitrogens with one attached hydrogen (secondary N) is 2. The molecule has 116 valence electrons. The van der Waals surface area contributed by atoms with E-state index in [2.05, 4.69) is 28.8 Å². The molecule has 0 amide bonds. The molecular formula is C15H18N4O2S. The molecule has 0 saturated heterocycles. The number of H-pyrrole nitrogens is 1. The Morgan fingerprint density at radius 1 is 1.36 bits per heavy atom. The van der Waals surface area contributed by atoms with Gasteiger partial charge in [-0.2, -0.15) is 10.4 Å². The summed E-state index contributed by atoms with van der Waals surface area (Å²) in [7, 11) is -3.70. The molecule has 0 saturated carbocycles. The molecule has 2 N–H and O–H groups in total. The fraction of sp³-hybridized carbons (Fsp3) is 0.333. The molecule has 0 spiro atoms. The third kappa shape index (κ3) is 3.65. The van der Waals surface area contributed by atoms with Gasteiger partial charge in [0.2, 0.25) is 0 Å². The maximum absolute atomic E-state index is 12.3. The van der Waals surface area contributed by atoms with Crippen LogP contribution >= 0.6 is 0 Å². The van der Waals surface area contributed by atoms with Crippen molar-refractivity contribution >= 4 is 15.8 Å². The Morgan fingerprint density at radius 2 is 2.05 bits per heavy atom. The molecule has 0 bridgehead atoms. The van der Waals surface area contributed by atoms with E-state index in [1.54, 1.807) is 6.07 Å². The van der Waals surface area contributed by atoms with E-state index in [-0.39, 0.29) is 10.7 Å². The van der Waals surface area contributed by atoms with Crippen LogP contribution in [0, 0.1) is 11.3 Å². The summed E-state index contributed by atoms with van der Waals surface area (Å²) in [4.78, 5) is 0.0951. The van der Waals surface area contributed by atoms with Crippen LogP contribution in [0.15, 0.2) is 35.2 Å². The minimum atomic E-state index is -3.70. The average molecular weight is 318 g/mol. The number of aromatic nitrogens is 2. The maximum Gasteiger partial charge on any atom is 0.263 e. The topological polar surface area (TPSA) is 98.6 Å². The Balaban J connectivity index is 2.16. The first-order valence-corrected chi connectivity index (χ1v) is 8.53. The number of rotatable bonds is 6. The van der Waals surface area contributed by atoms with E-state index in [1.807, 2.05) is 6.07 Å². The lowest BCUT2D eigenvalue weighted by atomic mass is 10.0. The first-order valence-electron chi connectivity index (χ1n) is 7.04. The molecule has 1 atom stereocenters. The van der Waals surface area contributed by atoms with Crippen molar-refractivity contribution in [1.29, 1.82) is 5.26 Å². The Labute approximate surface area is 130 Å². The summed E-state index contributed by atoms with van der Waals surface area (Å²) < 4.78 is 27.0. The van der Waals surface area contributed by atoms with Gasteiger partial charge in [0.1, 0.15) is 0 Å². The zero-order chi connectivity index (χ0) is 16.2. The number of hydrogen-bond donors (Lipinski definition) is 2. The van der Waals surface area contributed by atoms with Gasteiger partial charge in [-0.15, -0.1) is 0 Å². The predicted octanol–water partition coefficient (Wildman–Crippen LogP) is 2.99. The molecule has 1 aromatic heterocycles. The largest absolute Gasteiger partial charge is 0.280 e. The van der Waals surface area contributed by atoms with E-state index in [4.69, 9.17) is 5.26 Å². The monoisotopic (exact) mass is 318 g/mol. The van der Waals surface area contributed by atoms with Crippen molar-refractivity contribution in [1.82, 2.24) is 10.2 Å². The highest BCUT2D eigenvalue weighted by Crippen LogP contribution is 2.22. The summed E-state index contributed by atoms with van der Waals surface area (Å²) in [6.45, 7) is 4.16. The average Bonchev–Trinajstić information content (AvgIpc) is 2.95. The number of hydrogen-bond acceptors (Lipinski definition) is 4. The standard InChI is InChI=1S/C15H18N4O2S/c1-3-4-11(2)14-9-15(18-17-14)19-22(20,21)13-7-5-12(10-16)6-8-13/h5-9,11H,3-4H2,1-2H3,(H2,17,18,19). The molecule has 0 radical (unpaired) electrons. The van der Waals surface area contributed by atoms with Crippen LogP contribution in [0.1, 0.15) is 43.9 Å². The molecule has 7 heteroatoms. The third-order valence-electron chi connectivity index (χ3n) is 3.38. The van der Waals surface area contributed by atoms with Crippen molar-refractivity contribution in [2.45, 2.75) is 37.5 Å².